The number of fused-ring (bicyclic) bond motifs is 3. The maximum absolute atomic E-state index is 15.0. The normalized spacial score (nSPS) is 27.8. The molecule has 0 radical (unpaired) electrons. The van der Waals surface area contributed by atoms with Crippen molar-refractivity contribution in [1.29, 1.82) is 0 Å². The Kier molecular flexibility index (Phi) is 26.7. The zero-order valence-electron chi connectivity index (χ0n) is 55.4. The molecule has 0 saturated carbocycles. The second-order valence-electron chi connectivity index (χ2n) is 25.7. The van der Waals surface area contributed by atoms with Crippen LogP contribution >= 0.6 is 0 Å². The molecule has 3 aromatic rings. The Morgan fingerprint density at radius 3 is 1.87 bits per heavy atom. The third-order valence-electron chi connectivity index (χ3n) is 15.9. The maximum atomic E-state index is 15.0. The summed E-state index contributed by atoms with van der Waals surface area (Å²) in [5.74, 6) is -11.9. The number of carbonyl (C=O) groups excluding carboxylic acids is 7. The Morgan fingerprint density at radius 2 is 1.33 bits per heavy atom. The minimum atomic E-state index is -2.92. The lowest BCUT2D eigenvalue weighted by Gasteiger charge is -2.56. The third-order valence-corrected chi connectivity index (χ3v) is 17.6. The van der Waals surface area contributed by atoms with Gasteiger partial charge in [-0.15, -0.1) is 0 Å². The first-order chi connectivity index (χ1) is 45.0. The standard InChI is InChI=1S/C65H88N4O25Si/c1-37(70)82-35-48(89-39(3)72)54(90-40(4)73)56-51(68-69-66)46(88-38(2)71)29-65(94-56,62(78)80-9)92-47-30-64(60(76)67-50(47)55(93-64)52(75)45(74)34-86-61(77)63(5,6)7)87-36-49-53(83-31-41-19-15-13-16-20-41)57(84-32-42-21-17-14-18-22-42)58(59(91-49)81-27-28-95(10,11)12)85-33-43-23-25-44(79-8)26-24-43/h13-26,45-59,74-75H,27-36H2,1-12H3,(H,67,76)/t45-,46+,47+,48-,49-,50-,51-,52-,53-,54-,55-,56-,57+,58-,59-,64-,65-/m1/s1. The Balaban J connectivity index is 1.35. The summed E-state index contributed by atoms with van der Waals surface area (Å²) in [6, 6.07) is 23.2. The molecule has 29 nitrogen and oxygen atoms in total. The highest BCUT2D eigenvalue weighted by molar-refractivity contribution is 6.76. The van der Waals surface area contributed by atoms with E-state index in [1.54, 1.807) is 40.0 Å². The molecule has 3 aromatic carbocycles. The molecule has 5 aliphatic rings. The smallest absolute Gasteiger partial charge is 0.366 e. The molecule has 5 heterocycles. The molecule has 3 N–H and O–H groups in total. The molecule has 5 saturated heterocycles. The quantitative estimate of drug-likeness (QED) is 0.0180. The van der Waals surface area contributed by atoms with Crippen LogP contribution in [-0.2, 0) is 124 Å². The number of amides is 1. The number of hydrogen-bond donors (Lipinski definition) is 3. The minimum absolute atomic E-state index is 0.0102. The fourth-order valence-corrected chi connectivity index (χ4v) is 11.9. The van der Waals surface area contributed by atoms with Gasteiger partial charge in [0.1, 0.15) is 79.9 Å². The number of nitrogens with one attached hydrogen (secondary N) is 1. The fraction of sp³-hybridized carbons (Fsp3) is 0.615. The molecule has 0 spiro atoms. The van der Waals surface area contributed by atoms with Crippen LogP contribution in [0.2, 0.25) is 25.7 Å². The summed E-state index contributed by atoms with van der Waals surface area (Å²) < 4.78 is 99.4. The van der Waals surface area contributed by atoms with E-state index in [1.165, 1.54) is 0 Å². The van der Waals surface area contributed by atoms with Crippen molar-refractivity contribution in [3.05, 3.63) is 112 Å². The van der Waals surface area contributed by atoms with Crippen LogP contribution in [0.1, 0.15) is 78.0 Å². The van der Waals surface area contributed by atoms with Crippen LogP contribution in [0, 0.1) is 5.41 Å². The average Bonchev–Trinajstić information content (AvgIpc) is 0.727. The lowest BCUT2D eigenvalue weighted by molar-refractivity contribution is -0.374. The molecule has 0 aliphatic carbocycles. The Hall–Kier alpha value is -7.16. The van der Waals surface area contributed by atoms with Gasteiger partial charge in [0.15, 0.2) is 18.5 Å². The molecule has 30 heteroatoms. The number of methoxy groups -OCH3 is 2. The van der Waals surface area contributed by atoms with Gasteiger partial charge in [-0.2, -0.15) is 0 Å². The molecule has 0 unspecified atom stereocenters. The molecule has 95 heavy (non-hydrogen) atoms. The fourth-order valence-electron chi connectivity index (χ4n) is 11.2. The zero-order chi connectivity index (χ0) is 69.4. The maximum Gasteiger partial charge on any atom is 0.366 e. The van der Waals surface area contributed by atoms with E-state index >= 15 is 4.79 Å². The second kappa shape index (κ2) is 33.7. The number of aliphatic hydroxyl groups is 2. The van der Waals surface area contributed by atoms with Gasteiger partial charge in [0.2, 0.25) is 0 Å². The largest absolute Gasteiger partial charge is 0.497 e. The van der Waals surface area contributed by atoms with E-state index in [4.69, 9.17) is 75.8 Å². The zero-order valence-corrected chi connectivity index (χ0v) is 56.4. The topological polar surface area (TPSA) is 368 Å². The van der Waals surface area contributed by atoms with Gasteiger partial charge in [-0.25, -0.2) is 4.79 Å². The van der Waals surface area contributed by atoms with Crippen LogP contribution in [0.3, 0.4) is 0 Å². The Labute approximate surface area is 551 Å². The number of rotatable bonds is 32. The number of carbonyl (C=O) groups is 7. The Bertz CT molecular complexity index is 3110. The molecule has 0 aromatic heterocycles. The molecular formula is C65H88N4O25Si. The summed E-state index contributed by atoms with van der Waals surface area (Å²) in [5.41, 5.74) is 11.3. The number of benzene rings is 3. The molecule has 1 amide bonds. The van der Waals surface area contributed by atoms with Crippen molar-refractivity contribution in [2.75, 3.05) is 40.6 Å². The number of aliphatic hydroxyl groups excluding tert-OH is 2. The van der Waals surface area contributed by atoms with E-state index in [1.807, 2.05) is 72.8 Å². The van der Waals surface area contributed by atoms with Crippen LogP contribution in [0.15, 0.2) is 90.0 Å². The van der Waals surface area contributed by atoms with E-state index in [0.29, 0.717) is 11.8 Å². The summed E-state index contributed by atoms with van der Waals surface area (Å²) >= 11 is 0. The van der Waals surface area contributed by atoms with Gasteiger partial charge in [-0.3, -0.25) is 28.8 Å². The number of ether oxygens (including phenoxy) is 16. The van der Waals surface area contributed by atoms with Crippen molar-refractivity contribution in [2.24, 2.45) is 10.5 Å². The van der Waals surface area contributed by atoms with Gasteiger partial charge in [0.25, 0.3) is 17.5 Å². The van der Waals surface area contributed by atoms with Crippen LogP contribution in [0.25, 0.3) is 10.4 Å². The molecule has 2 bridgehead atoms. The van der Waals surface area contributed by atoms with Crippen LogP contribution < -0.4 is 10.1 Å². The number of azide groups is 1. The van der Waals surface area contributed by atoms with Crippen molar-refractivity contribution >= 4 is 49.8 Å². The lowest BCUT2D eigenvalue weighted by Crippen LogP contribution is -2.78. The highest BCUT2D eigenvalue weighted by atomic mass is 28.3. The van der Waals surface area contributed by atoms with E-state index in [9.17, 15) is 44.5 Å². The highest BCUT2D eigenvalue weighted by Crippen LogP contribution is 2.46. The molecule has 17 atom stereocenters. The number of morpholine rings is 1. The SMILES string of the molecule is COC(=O)[C@@]1(O[C@H]2C[C@@]3(OC[C@H]4O[C@@H](OCC[Si](C)(C)C)[C@H](OCc5ccc(OC)cc5)[C@@H](OCc5ccccc5)[C@@H]4OCc4ccccc4)O[C@@H]([C@H](O)[C@H](O)COC(=O)C(C)(C)C)[C@@H]2NC3=O)C[C@H](OC(C)=O)[C@@H](N=[N+]=[N-])[C@H]([C@H](OC(C)=O)[C@@H](COC(C)=O)OC(C)=O)O1. The number of esters is 6. The third kappa shape index (κ3) is 20.4. The predicted molar refractivity (Wildman–Crippen MR) is 332 cm³/mol. The van der Waals surface area contributed by atoms with E-state index in [-0.39, 0.29) is 26.4 Å². The molecule has 5 aliphatic heterocycles. The van der Waals surface area contributed by atoms with E-state index in [0.717, 1.165) is 51.5 Å². The van der Waals surface area contributed by atoms with Crippen molar-refractivity contribution in [1.82, 2.24) is 5.32 Å². The molecule has 8 rings (SSSR count). The number of piperidine rings is 1. The minimum Gasteiger partial charge on any atom is -0.497 e. The van der Waals surface area contributed by atoms with Crippen LogP contribution in [-0.4, -0.2) is 204 Å². The van der Waals surface area contributed by atoms with Gasteiger partial charge in [-0.05, 0) is 61.2 Å². The van der Waals surface area contributed by atoms with Crippen LogP contribution in [0.5, 0.6) is 5.75 Å². The first-order valence-corrected chi connectivity index (χ1v) is 34.8. The first kappa shape index (κ1) is 75.2. The van der Waals surface area contributed by atoms with Crippen LogP contribution in [0.4, 0.5) is 0 Å². The van der Waals surface area contributed by atoms with Gasteiger partial charge < -0.3 is 91.3 Å². The first-order valence-electron chi connectivity index (χ1n) is 31.1. The number of nitrogens with zero attached hydrogens (tertiary/aromatic N) is 3. The van der Waals surface area contributed by atoms with Gasteiger partial charge in [-0.1, -0.05) is 97.6 Å². The van der Waals surface area contributed by atoms with Crippen molar-refractivity contribution in [3.63, 3.8) is 0 Å². The number of hydrogen-bond acceptors (Lipinski definition) is 26. The van der Waals surface area contributed by atoms with Gasteiger partial charge >= 0.3 is 35.8 Å². The van der Waals surface area contributed by atoms with E-state index < -0.39 is 191 Å². The molecule has 522 valence electrons. The van der Waals surface area contributed by atoms with Gasteiger partial charge in [0.05, 0.1) is 64.6 Å². The Morgan fingerprint density at radius 1 is 0.726 bits per heavy atom. The van der Waals surface area contributed by atoms with Crippen molar-refractivity contribution in [2.45, 2.75) is 210 Å². The monoisotopic (exact) mass is 1350 g/mol. The summed E-state index contributed by atoms with van der Waals surface area (Å²) in [5, 5.41) is 30.6. The summed E-state index contributed by atoms with van der Waals surface area (Å²) in [7, 11) is 0.729. The molecule has 5 fully saturated rings. The summed E-state index contributed by atoms with van der Waals surface area (Å²) in [6.45, 7) is 13.3. The summed E-state index contributed by atoms with van der Waals surface area (Å²) in [6.07, 6.45) is -22.3. The van der Waals surface area contributed by atoms with Crippen molar-refractivity contribution < 1.29 is 120 Å². The lowest BCUT2D eigenvalue weighted by atomic mass is 9.83. The average molecular weight is 1350 g/mol. The van der Waals surface area contributed by atoms with Crippen molar-refractivity contribution in [3.8, 4) is 5.75 Å². The highest BCUT2D eigenvalue weighted by Gasteiger charge is 2.66. The van der Waals surface area contributed by atoms with E-state index in [2.05, 4.69) is 35.0 Å². The summed E-state index contributed by atoms with van der Waals surface area (Å²) in [4.78, 5) is 96.9. The van der Waals surface area contributed by atoms with Gasteiger partial charge in [0, 0.05) is 53.7 Å². The second-order valence-corrected chi connectivity index (χ2v) is 31.3. The predicted octanol–water partition coefficient (Wildman–Crippen LogP) is 5.22. The molecular weight excluding hydrogens is 1260 g/mol.